The van der Waals surface area contributed by atoms with Gasteiger partial charge in [0.2, 0.25) is 0 Å². The molecule has 1 heterocycles. The second-order valence-corrected chi connectivity index (χ2v) is 8.23. The van der Waals surface area contributed by atoms with Crippen LogP contribution in [-0.2, 0) is 4.74 Å². The smallest absolute Gasteiger partial charge is 0.287 e. The van der Waals surface area contributed by atoms with E-state index in [4.69, 9.17) is 24.4 Å². The molecule has 1 aromatic heterocycles. The Morgan fingerprint density at radius 2 is 1.78 bits per heavy atom. The summed E-state index contributed by atoms with van der Waals surface area (Å²) in [5.74, 6) is 0.744. The van der Waals surface area contributed by atoms with E-state index in [0.717, 1.165) is 5.39 Å². The number of ether oxygens (including phenoxy) is 3. The van der Waals surface area contributed by atoms with Gasteiger partial charge in [-0.1, -0.05) is 24.3 Å². The lowest BCUT2D eigenvalue weighted by atomic mass is 10.2. The molecule has 9 heteroatoms. The number of fused-ring (bicyclic) bond motifs is 1. The minimum Gasteiger partial charge on any atom is -0.494 e. The average molecular weight is 504 g/mol. The van der Waals surface area contributed by atoms with Crippen LogP contribution in [0.2, 0.25) is 0 Å². The van der Waals surface area contributed by atoms with Crippen molar-refractivity contribution in [2.75, 3.05) is 31.3 Å². The van der Waals surface area contributed by atoms with E-state index in [2.05, 4.69) is 10.6 Å². The summed E-state index contributed by atoms with van der Waals surface area (Å²) < 4.78 is 22.3. The predicted octanol–water partition coefficient (Wildman–Crippen LogP) is 4.84. The molecule has 37 heavy (non-hydrogen) atoms. The van der Waals surface area contributed by atoms with E-state index >= 15 is 0 Å². The van der Waals surface area contributed by atoms with Crippen LogP contribution in [0.25, 0.3) is 11.0 Å². The fraction of sp³-hybridized carbons (Fsp3) is 0.214. The summed E-state index contributed by atoms with van der Waals surface area (Å²) in [5, 5.41) is 6.38. The molecule has 0 fully saturated rings. The Hall–Kier alpha value is -4.50. The lowest BCUT2D eigenvalue weighted by molar-refractivity contribution is -0.0378. The largest absolute Gasteiger partial charge is 0.494 e. The van der Waals surface area contributed by atoms with Crippen molar-refractivity contribution < 1.29 is 28.2 Å². The van der Waals surface area contributed by atoms with E-state index in [-0.39, 0.29) is 17.6 Å². The minimum absolute atomic E-state index is 0.197. The van der Waals surface area contributed by atoms with Crippen molar-refractivity contribution >= 4 is 34.2 Å². The number of nitrogen functional groups attached to an aromatic ring is 1. The quantitative estimate of drug-likeness (QED) is 0.152. The standard InChI is InChI=1S/C28H29N3O6/c1-18(34-2)36-24-10-5-7-20-17-25(37-26(20)24)28(33)30-15-6-16-35-21-13-11-19(12-14-21)27(32)31-23-9-4-3-8-22(23)29/h3-5,7-14,17-18H,6,15-16,29H2,1-2H3,(H,30,33)(H,31,32). The summed E-state index contributed by atoms with van der Waals surface area (Å²) in [4.78, 5) is 25.0. The van der Waals surface area contributed by atoms with E-state index in [9.17, 15) is 9.59 Å². The molecule has 9 nitrogen and oxygen atoms in total. The molecule has 0 aliphatic heterocycles. The number of methoxy groups -OCH3 is 1. The number of furan rings is 1. The van der Waals surface area contributed by atoms with Crippen LogP contribution in [0.15, 0.2) is 77.2 Å². The number of amides is 2. The van der Waals surface area contributed by atoms with E-state index < -0.39 is 6.29 Å². The first-order valence-corrected chi connectivity index (χ1v) is 11.8. The van der Waals surface area contributed by atoms with Crippen molar-refractivity contribution in [2.45, 2.75) is 19.6 Å². The van der Waals surface area contributed by atoms with Crippen molar-refractivity contribution in [3.8, 4) is 11.5 Å². The zero-order valence-electron chi connectivity index (χ0n) is 20.7. The fourth-order valence-electron chi connectivity index (χ4n) is 3.53. The van der Waals surface area contributed by atoms with Crippen LogP contribution < -0.4 is 25.8 Å². The highest BCUT2D eigenvalue weighted by molar-refractivity contribution is 6.05. The van der Waals surface area contributed by atoms with Crippen LogP contribution >= 0.6 is 0 Å². The van der Waals surface area contributed by atoms with Crippen molar-refractivity contribution in [1.29, 1.82) is 0 Å². The maximum absolute atomic E-state index is 12.5. The predicted molar refractivity (Wildman–Crippen MR) is 141 cm³/mol. The van der Waals surface area contributed by atoms with E-state index in [1.807, 2.05) is 12.1 Å². The zero-order chi connectivity index (χ0) is 26.2. The highest BCUT2D eigenvalue weighted by Crippen LogP contribution is 2.29. The first-order valence-electron chi connectivity index (χ1n) is 11.8. The number of benzene rings is 3. The summed E-state index contributed by atoms with van der Waals surface area (Å²) in [6, 6.07) is 21.0. The minimum atomic E-state index is -0.449. The van der Waals surface area contributed by atoms with Crippen molar-refractivity contribution in [3.63, 3.8) is 0 Å². The molecule has 2 amide bonds. The Morgan fingerprint density at radius 3 is 2.54 bits per heavy atom. The number of carbonyl (C=O) groups excluding carboxylic acids is 2. The summed E-state index contributed by atoms with van der Waals surface area (Å²) in [7, 11) is 1.55. The van der Waals surface area contributed by atoms with Gasteiger partial charge in [-0.25, -0.2) is 0 Å². The van der Waals surface area contributed by atoms with E-state index in [1.54, 1.807) is 74.7 Å². The Bertz CT molecular complexity index is 1370. The molecule has 0 saturated carbocycles. The Labute approximate surface area is 214 Å². The SMILES string of the molecule is COC(C)Oc1cccc2cc(C(=O)NCCCOc3ccc(C(=O)Nc4ccccc4N)cc3)oc12. The van der Waals surface area contributed by atoms with Gasteiger partial charge in [0, 0.05) is 24.6 Å². The van der Waals surface area contributed by atoms with Crippen LogP contribution in [0.1, 0.15) is 34.3 Å². The highest BCUT2D eigenvalue weighted by atomic mass is 16.7. The van der Waals surface area contributed by atoms with Gasteiger partial charge in [0.15, 0.2) is 23.4 Å². The topological polar surface area (TPSA) is 125 Å². The number of hydrogen-bond donors (Lipinski definition) is 3. The zero-order valence-corrected chi connectivity index (χ0v) is 20.7. The highest BCUT2D eigenvalue weighted by Gasteiger charge is 2.16. The molecule has 1 atom stereocenters. The van der Waals surface area contributed by atoms with Crippen molar-refractivity contribution in [3.05, 3.63) is 84.1 Å². The van der Waals surface area contributed by atoms with Crippen LogP contribution in [0.4, 0.5) is 11.4 Å². The van der Waals surface area contributed by atoms with Crippen LogP contribution in [0.5, 0.6) is 11.5 Å². The van der Waals surface area contributed by atoms with E-state index in [1.165, 1.54) is 0 Å². The first-order chi connectivity index (χ1) is 17.9. The number of hydrogen-bond acceptors (Lipinski definition) is 7. The van der Waals surface area contributed by atoms with Crippen LogP contribution in [0.3, 0.4) is 0 Å². The van der Waals surface area contributed by atoms with Crippen LogP contribution in [-0.4, -0.2) is 38.4 Å². The van der Waals surface area contributed by atoms with Crippen molar-refractivity contribution in [1.82, 2.24) is 5.32 Å². The molecule has 1 unspecified atom stereocenters. The Morgan fingerprint density at radius 1 is 1.00 bits per heavy atom. The lowest BCUT2D eigenvalue weighted by Gasteiger charge is -2.12. The van der Waals surface area contributed by atoms with Gasteiger partial charge in [-0.2, -0.15) is 0 Å². The van der Waals surface area contributed by atoms with Gasteiger partial charge in [-0.15, -0.1) is 0 Å². The maximum atomic E-state index is 12.5. The number of rotatable bonds is 11. The third-order valence-electron chi connectivity index (χ3n) is 5.56. The molecule has 0 saturated heterocycles. The van der Waals surface area contributed by atoms with Gasteiger partial charge in [-0.3, -0.25) is 9.59 Å². The normalized spacial score (nSPS) is 11.6. The molecule has 4 aromatic rings. The van der Waals surface area contributed by atoms with Gasteiger partial charge in [0.25, 0.3) is 11.8 Å². The van der Waals surface area contributed by atoms with Gasteiger partial charge in [0.1, 0.15) is 5.75 Å². The molecule has 4 rings (SSSR count). The number of nitrogens with one attached hydrogen (secondary N) is 2. The Kier molecular flexibility index (Phi) is 8.27. The molecule has 0 radical (unpaired) electrons. The molecule has 0 aliphatic carbocycles. The summed E-state index contributed by atoms with van der Waals surface area (Å²) in [6.45, 7) is 2.56. The van der Waals surface area contributed by atoms with E-state index in [0.29, 0.717) is 53.6 Å². The first kappa shape index (κ1) is 25.6. The molecular formula is C28H29N3O6. The Balaban J connectivity index is 1.22. The summed E-state index contributed by atoms with van der Waals surface area (Å²) >= 11 is 0. The fourth-order valence-corrected chi connectivity index (χ4v) is 3.53. The monoisotopic (exact) mass is 503 g/mol. The molecule has 0 bridgehead atoms. The maximum Gasteiger partial charge on any atom is 0.287 e. The average Bonchev–Trinajstić information content (AvgIpc) is 3.35. The molecule has 3 aromatic carbocycles. The molecular weight excluding hydrogens is 474 g/mol. The summed E-state index contributed by atoms with van der Waals surface area (Å²) in [6.07, 6.45) is 0.135. The number of anilines is 2. The number of para-hydroxylation sites is 3. The second-order valence-electron chi connectivity index (χ2n) is 8.23. The lowest BCUT2D eigenvalue weighted by Crippen LogP contribution is -2.25. The van der Waals surface area contributed by atoms with Gasteiger partial charge in [-0.05, 0) is 61.9 Å². The molecule has 192 valence electrons. The van der Waals surface area contributed by atoms with Gasteiger partial charge < -0.3 is 35.0 Å². The molecule has 0 aliphatic rings. The van der Waals surface area contributed by atoms with Crippen LogP contribution in [0, 0.1) is 0 Å². The summed E-state index contributed by atoms with van der Waals surface area (Å²) in [5.41, 5.74) is 7.91. The number of nitrogens with two attached hydrogens (primary N) is 1. The third-order valence-corrected chi connectivity index (χ3v) is 5.56. The van der Waals surface area contributed by atoms with Gasteiger partial charge in [0.05, 0.1) is 18.0 Å². The second kappa shape index (κ2) is 12.0. The van der Waals surface area contributed by atoms with Gasteiger partial charge >= 0.3 is 0 Å². The third kappa shape index (κ3) is 6.59. The number of carbonyl (C=O) groups is 2. The molecule has 0 spiro atoms. The van der Waals surface area contributed by atoms with Crippen molar-refractivity contribution in [2.24, 2.45) is 0 Å². The molecule has 4 N–H and O–H groups in total.